The molecule has 342 valence electrons. The van der Waals surface area contributed by atoms with E-state index in [1.807, 2.05) is 0 Å². The van der Waals surface area contributed by atoms with Crippen LogP contribution in [0.4, 0.5) is 17.1 Å². The number of para-hydroxylation sites is 1. The first-order valence-electron chi connectivity index (χ1n) is 42.1. The third-order valence-corrected chi connectivity index (χ3v) is 12.9. The molecule has 2 atom stereocenters. The molecule has 12 aromatic carbocycles. The van der Waals surface area contributed by atoms with Gasteiger partial charge >= 0.3 is 0 Å². The molecule has 2 aliphatic rings. The van der Waals surface area contributed by atoms with E-state index in [1.165, 1.54) is 0 Å². The number of nitrogens with zero attached hydrogens (tertiary/aromatic N) is 1. The molecular formula is C72H49N. The van der Waals surface area contributed by atoms with Crippen molar-refractivity contribution in [3.63, 3.8) is 0 Å². The van der Waals surface area contributed by atoms with Gasteiger partial charge in [-0.05, 0) is 131 Å². The summed E-state index contributed by atoms with van der Waals surface area (Å²) in [4.78, 5) is 0.781. The second-order valence-electron chi connectivity index (χ2n) is 16.4. The summed E-state index contributed by atoms with van der Waals surface area (Å²) >= 11 is 0. The van der Waals surface area contributed by atoms with E-state index in [0.29, 0.717) is 0 Å². The topological polar surface area (TPSA) is 3.24 Å². The predicted octanol–water partition coefficient (Wildman–Crippen LogP) is 18.4. The van der Waals surface area contributed by atoms with Crippen LogP contribution in [0.15, 0.2) is 296 Å². The van der Waals surface area contributed by atoms with Crippen molar-refractivity contribution in [1.82, 2.24) is 0 Å². The summed E-state index contributed by atoms with van der Waals surface area (Å²) in [6.07, 6.45) is 0. The van der Waals surface area contributed by atoms with Crippen molar-refractivity contribution in [3.05, 3.63) is 341 Å². The Bertz CT molecular complexity index is 6410. The molecule has 0 spiro atoms. The quantitative estimate of drug-likeness (QED) is 0.139. The largest absolute Gasteiger partial charge is 0.310 e. The second kappa shape index (κ2) is 17.2. The van der Waals surface area contributed by atoms with Crippen LogP contribution < -0.4 is 4.90 Å². The van der Waals surface area contributed by atoms with Crippen molar-refractivity contribution < 1.29 is 54.8 Å². The highest BCUT2D eigenvalue weighted by Gasteiger charge is 2.48. The highest BCUT2D eigenvalue weighted by molar-refractivity contribution is 6.06. The Morgan fingerprint density at radius 2 is 0.932 bits per heavy atom. The van der Waals surface area contributed by atoms with Crippen LogP contribution in [0.1, 0.15) is 99.3 Å². The van der Waals surface area contributed by atoms with E-state index in [0.717, 1.165) is 59.5 Å². The smallest absolute Gasteiger partial charge is 0.0714 e. The summed E-state index contributed by atoms with van der Waals surface area (Å²) in [7, 11) is 0. The molecule has 0 saturated carbocycles. The summed E-state index contributed by atoms with van der Waals surface area (Å²) in [5.41, 5.74) is -21.5. The summed E-state index contributed by atoms with van der Waals surface area (Å²) in [5, 5.41) is -1.49. The van der Waals surface area contributed by atoms with Crippen molar-refractivity contribution in [2.75, 3.05) is 4.90 Å². The zero-order chi connectivity index (χ0) is 83.2. The summed E-state index contributed by atoms with van der Waals surface area (Å²) in [6, 6.07) is -32.8. The molecule has 0 radical (unpaired) electrons. The molecule has 0 amide bonds. The van der Waals surface area contributed by atoms with Gasteiger partial charge in [0, 0.05) is 16.9 Å². The van der Waals surface area contributed by atoms with E-state index in [-0.39, 0.29) is 0 Å². The number of anilines is 3. The molecular weight excluding hydrogens is 879 g/mol. The molecule has 14 rings (SSSR count). The molecule has 0 N–H and O–H groups in total. The minimum absolute atomic E-state index is 0.615. The zero-order valence-corrected chi connectivity index (χ0v) is 37.1. The number of hydrogen-bond acceptors (Lipinski definition) is 1. The lowest BCUT2D eigenvalue weighted by atomic mass is 9.67. The van der Waals surface area contributed by atoms with Crippen LogP contribution in [-0.4, -0.2) is 0 Å². The van der Waals surface area contributed by atoms with Crippen molar-refractivity contribution in [3.8, 4) is 44.5 Å². The molecule has 12 aromatic rings. The summed E-state index contributed by atoms with van der Waals surface area (Å²) < 4.78 is 379. The maximum atomic E-state index is 10.9. The summed E-state index contributed by atoms with van der Waals surface area (Å²) in [6.45, 7) is 0. The highest BCUT2D eigenvalue weighted by Crippen LogP contribution is 2.60. The Morgan fingerprint density at radius 3 is 1.71 bits per heavy atom. The molecule has 73 heavy (non-hydrogen) atoms. The van der Waals surface area contributed by atoms with Crippen LogP contribution in [0.3, 0.4) is 0 Å². The fraction of sp³-hybridized carbons (Fsp3) is 0.0278. The lowest BCUT2D eigenvalue weighted by Gasteiger charge is -2.34. The Hall–Kier alpha value is -9.30. The van der Waals surface area contributed by atoms with Gasteiger partial charge in [-0.1, -0.05) is 260 Å². The first-order valence-corrected chi connectivity index (χ1v) is 22.1. The van der Waals surface area contributed by atoms with Gasteiger partial charge in [0.2, 0.25) is 0 Å². The van der Waals surface area contributed by atoms with Gasteiger partial charge in [0.1, 0.15) is 0 Å². The van der Waals surface area contributed by atoms with E-state index >= 15 is 0 Å². The van der Waals surface area contributed by atoms with Gasteiger partial charge in [-0.25, -0.2) is 0 Å². The fourth-order valence-corrected chi connectivity index (χ4v) is 10.1. The molecule has 0 heterocycles. The average molecular weight is 968 g/mol. The van der Waals surface area contributed by atoms with Crippen molar-refractivity contribution in [1.29, 1.82) is 0 Å². The van der Waals surface area contributed by atoms with Gasteiger partial charge in [0.05, 0.1) is 71.3 Å². The average Bonchev–Trinajstić information content (AvgIpc) is 1.52. The zero-order valence-electron chi connectivity index (χ0n) is 77.1. The second-order valence-corrected chi connectivity index (χ2v) is 16.4. The molecule has 2 aliphatic carbocycles. The highest BCUT2D eigenvalue weighted by atomic mass is 15.1. The number of benzene rings is 12. The van der Waals surface area contributed by atoms with E-state index in [1.54, 1.807) is 0 Å². The summed E-state index contributed by atoms with van der Waals surface area (Å²) in [5.74, 6) is 0. The molecule has 0 saturated heterocycles. The third-order valence-electron chi connectivity index (χ3n) is 12.9. The molecule has 2 unspecified atom stereocenters. The van der Waals surface area contributed by atoms with Crippen LogP contribution >= 0.6 is 0 Å². The van der Waals surface area contributed by atoms with Crippen LogP contribution in [0.25, 0.3) is 55.3 Å². The minimum Gasteiger partial charge on any atom is -0.310 e. The van der Waals surface area contributed by atoms with Gasteiger partial charge in [-0.3, -0.25) is 0 Å². The number of hydrogen-bond donors (Lipinski definition) is 0. The number of fused-ring (bicyclic) bond motifs is 7. The van der Waals surface area contributed by atoms with Gasteiger partial charge in [0.25, 0.3) is 0 Å². The van der Waals surface area contributed by atoms with Crippen LogP contribution in [0, 0.1) is 0 Å². The Kier molecular flexibility index (Phi) is 4.34. The molecule has 0 aromatic heterocycles. The normalized spacial score (nSPS) is 23.7. The SMILES string of the molecule is [2H]c1ccc(N(c2cc([2H])c([2H])c([2H])c2[2H])c2c([2H])c([2H])c([2H])c3c2-c2c(cc([2H])c([2H])c2[2H])C3(c2cc([2H])c([2H])c([2H])c2[2H])c2c([2H])c([2H])c([2H])c([2H])c2[2H])cc1-c1c([2H])c([2H])c2c([2H])c([2H])cc([2H])c2c1-c1c([2H])c([2H])c2c(c1[2H])C(c1cc([2H])c([2H])c([2H])c1[2H])(c1c([2H])c([2H])c([2H])c([2H])c1[2H])c1c([2H])cc([2H])c([2H])c1-2. The van der Waals surface area contributed by atoms with Gasteiger partial charge in [-0.15, -0.1) is 0 Å². The molecule has 1 nitrogen and oxygen atoms in total. The molecule has 0 fully saturated rings. The lowest BCUT2D eigenvalue weighted by molar-refractivity contribution is 0.768. The Balaban J connectivity index is 1.21. The fourth-order valence-electron chi connectivity index (χ4n) is 10.1. The maximum Gasteiger partial charge on any atom is 0.0714 e. The van der Waals surface area contributed by atoms with E-state index in [9.17, 15) is 32.9 Å². The third kappa shape index (κ3) is 6.42. The van der Waals surface area contributed by atoms with Crippen molar-refractivity contribution >= 4 is 27.8 Å². The standard InChI is InChI=1S/C72H49N/c1-6-26-53(27-7-1)71(54-28-8-2-9-29-54)65-41-21-19-39-63(65)70-66(71)42-23-43-68(70)73(57-34-14-5-15-35-57)58-36-22-25-51(48-58)60-46-44-50-24-16-17-37-59(50)69(60)52-45-47-62-61-38-18-20-40-64(61)72(67(62)49-52,55-30-10-3-11-31-55)56-32-12-4-13-33-56/h1-49H/i1D,2D,3D,4D,5D,6D,7D,8D,9D,10D,11D,12D,13D,14D,15D,16D,18D,19D,21D,23D,24D,25D,26D,27D,28D,30D,31D,32D,34D,37D,38D,39D,40D,42D,43D,44D,45D,46D,47D,49D. The molecule has 1 heteroatoms. The van der Waals surface area contributed by atoms with Gasteiger partial charge < -0.3 is 4.90 Å². The van der Waals surface area contributed by atoms with E-state index < -0.39 is 369 Å². The first-order chi connectivity index (χ1) is 52.8. The number of rotatable bonds is 9. The molecule has 0 aliphatic heterocycles. The first kappa shape index (κ1) is 18.4. The van der Waals surface area contributed by atoms with Gasteiger partial charge in [0.15, 0.2) is 0 Å². The monoisotopic (exact) mass is 968 g/mol. The maximum absolute atomic E-state index is 10.9. The predicted molar refractivity (Wildman–Crippen MR) is 304 cm³/mol. The Morgan fingerprint density at radius 1 is 0.315 bits per heavy atom. The van der Waals surface area contributed by atoms with Crippen molar-refractivity contribution in [2.24, 2.45) is 0 Å². The molecule has 0 bridgehead atoms. The Labute approximate surface area is 483 Å². The van der Waals surface area contributed by atoms with Gasteiger partial charge in [-0.2, -0.15) is 0 Å². The van der Waals surface area contributed by atoms with E-state index in [2.05, 4.69) is 0 Å². The van der Waals surface area contributed by atoms with Crippen molar-refractivity contribution in [2.45, 2.75) is 10.8 Å². The minimum atomic E-state index is -3.16. The van der Waals surface area contributed by atoms with Crippen LogP contribution in [0.2, 0.25) is 0 Å². The van der Waals surface area contributed by atoms with Crippen LogP contribution in [-0.2, 0) is 10.8 Å². The lowest BCUT2D eigenvalue weighted by Crippen LogP contribution is -2.28. The van der Waals surface area contributed by atoms with E-state index in [4.69, 9.17) is 21.9 Å². The van der Waals surface area contributed by atoms with Crippen LogP contribution in [0.5, 0.6) is 0 Å².